The zero-order chi connectivity index (χ0) is 16.9. The van der Waals surface area contributed by atoms with Gasteiger partial charge < -0.3 is 0 Å². The molecule has 0 amide bonds. The van der Waals surface area contributed by atoms with Gasteiger partial charge in [-0.3, -0.25) is 4.68 Å². The van der Waals surface area contributed by atoms with E-state index < -0.39 is 11.7 Å². The first-order valence-electron chi connectivity index (χ1n) is 6.53. The zero-order valence-electron chi connectivity index (χ0n) is 12.5. The number of benzene rings is 1. The van der Waals surface area contributed by atoms with Crippen LogP contribution in [0.15, 0.2) is 18.2 Å². The van der Waals surface area contributed by atoms with Gasteiger partial charge in [-0.2, -0.15) is 18.3 Å². The van der Waals surface area contributed by atoms with Crippen LogP contribution in [0.4, 0.5) is 13.2 Å². The summed E-state index contributed by atoms with van der Waals surface area (Å²) >= 11 is 12.3. The van der Waals surface area contributed by atoms with Crippen LogP contribution in [0.1, 0.15) is 31.9 Å². The Balaban J connectivity index is 2.69. The van der Waals surface area contributed by atoms with Crippen molar-refractivity contribution < 1.29 is 13.2 Å². The average molecular weight is 351 g/mol. The molecule has 0 saturated heterocycles. The second-order valence-electron chi connectivity index (χ2n) is 6.08. The third-order valence-electron chi connectivity index (χ3n) is 3.31. The Bertz CT molecular complexity index is 713. The summed E-state index contributed by atoms with van der Waals surface area (Å²) in [6.07, 6.45) is -4.43. The first-order valence-corrected chi connectivity index (χ1v) is 7.28. The van der Waals surface area contributed by atoms with Gasteiger partial charge in [0, 0.05) is 18.2 Å². The summed E-state index contributed by atoms with van der Waals surface area (Å²) in [6.45, 7) is 5.87. The summed E-state index contributed by atoms with van der Waals surface area (Å²) in [5.41, 5.74) is 0.732. The molecule has 7 heteroatoms. The molecule has 0 fully saturated rings. The van der Waals surface area contributed by atoms with Crippen LogP contribution >= 0.6 is 23.2 Å². The van der Waals surface area contributed by atoms with Crippen LogP contribution in [0.5, 0.6) is 0 Å². The molecular weight excluding hydrogens is 336 g/mol. The topological polar surface area (TPSA) is 17.8 Å². The van der Waals surface area contributed by atoms with Gasteiger partial charge in [-0.05, 0) is 17.5 Å². The fourth-order valence-electron chi connectivity index (χ4n) is 2.35. The van der Waals surface area contributed by atoms with E-state index in [-0.39, 0.29) is 10.4 Å². The van der Waals surface area contributed by atoms with Gasteiger partial charge >= 0.3 is 6.18 Å². The van der Waals surface area contributed by atoms with Crippen molar-refractivity contribution in [1.82, 2.24) is 9.78 Å². The molecule has 2 rings (SSSR count). The summed E-state index contributed by atoms with van der Waals surface area (Å²) in [4.78, 5) is 0. The largest absolute Gasteiger partial charge is 0.416 e. The van der Waals surface area contributed by atoms with Crippen LogP contribution in [0.25, 0.3) is 11.3 Å². The first-order chi connectivity index (χ1) is 9.93. The number of nitrogens with zero attached hydrogens (tertiary/aromatic N) is 2. The second kappa shape index (κ2) is 5.46. The molecule has 0 radical (unpaired) electrons. The zero-order valence-corrected chi connectivity index (χ0v) is 14.0. The van der Waals surface area contributed by atoms with Gasteiger partial charge in [-0.1, -0.05) is 50.0 Å². The molecule has 1 aromatic carbocycles. The first kappa shape index (κ1) is 17.2. The average Bonchev–Trinajstić information content (AvgIpc) is 2.62. The standard InChI is InChI=1S/C15H15Cl2F3N2/c1-14(2,3)11-12(22(4)21-13(11)17)9-6-5-8(7-10(9)16)15(18,19)20/h5-7H,1-4H3. The maximum absolute atomic E-state index is 12.8. The predicted octanol–water partition coefficient (Wildman–Crippen LogP) is 5.71. The Morgan fingerprint density at radius 2 is 1.68 bits per heavy atom. The number of aryl methyl sites for hydroxylation is 1. The molecule has 0 aliphatic rings. The van der Waals surface area contributed by atoms with Crippen LogP contribution < -0.4 is 0 Å². The van der Waals surface area contributed by atoms with Crippen molar-refractivity contribution in [2.45, 2.75) is 32.4 Å². The van der Waals surface area contributed by atoms with E-state index in [1.54, 1.807) is 7.05 Å². The molecule has 0 atom stereocenters. The van der Waals surface area contributed by atoms with Crippen LogP contribution in [-0.2, 0) is 18.6 Å². The quantitative estimate of drug-likeness (QED) is 0.643. The monoisotopic (exact) mass is 350 g/mol. The lowest BCUT2D eigenvalue weighted by Crippen LogP contribution is -2.13. The van der Waals surface area contributed by atoms with Gasteiger partial charge in [-0.15, -0.1) is 0 Å². The summed E-state index contributed by atoms with van der Waals surface area (Å²) in [6, 6.07) is 3.28. The van der Waals surface area contributed by atoms with Gasteiger partial charge in [0.05, 0.1) is 16.3 Å². The number of alkyl halides is 3. The highest BCUT2D eigenvalue weighted by molar-refractivity contribution is 6.34. The third-order valence-corrected chi connectivity index (χ3v) is 3.88. The van der Waals surface area contributed by atoms with Crippen molar-refractivity contribution in [3.05, 3.63) is 39.5 Å². The fourth-order valence-corrected chi connectivity index (χ4v) is 3.10. The second-order valence-corrected chi connectivity index (χ2v) is 6.85. The van der Waals surface area contributed by atoms with Crippen molar-refractivity contribution in [3.63, 3.8) is 0 Å². The predicted molar refractivity (Wildman–Crippen MR) is 82.4 cm³/mol. The van der Waals surface area contributed by atoms with Crippen LogP contribution in [0, 0.1) is 0 Å². The van der Waals surface area contributed by atoms with E-state index >= 15 is 0 Å². The Morgan fingerprint density at radius 3 is 2.14 bits per heavy atom. The number of hydrogen-bond donors (Lipinski definition) is 0. The summed E-state index contributed by atoms with van der Waals surface area (Å²) in [5.74, 6) is 0. The van der Waals surface area contributed by atoms with E-state index in [0.717, 1.165) is 17.7 Å². The Morgan fingerprint density at radius 1 is 1.09 bits per heavy atom. The molecule has 22 heavy (non-hydrogen) atoms. The fraction of sp³-hybridized carbons (Fsp3) is 0.400. The number of hydrogen-bond acceptors (Lipinski definition) is 1. The number of halogens is 5. The van der Waals surface area contributed by atoms with Crippen molar-refractivity contribution in [2.75, 3.05) is 0 Å². The highest BCUT2D eigenvalue weighted by atomic mass is 35.5. The highest BCUT2D eigenvalue weighted by Gasteiger charge is 2.32. The minimum Gasteiger partial charge on any atom is -0.266 e. The van der Waals surface area contributed by atoms with Crippen LogP contribution in [-0.4, -0.2) is 9.78 Å². The maximum atomic E-state index is 12.8. The Kier molecular flexibility index (Phi) is 4.26. The minimum absolute atomic E-state index is 0.0139. The number of aromatic nitrogens is 2. The maximum Gasteiger partial charge on any atom is 0.416 e. The number of rotatable bonds is 1. The molecule has 120 valence electrons. The summed E-state index contributed by atoms with van der Waals surface area (Å²) in [5, 5.41) is 4.50. The van der Waals surface area contributed by atoms with Crippen molar-refractivity contribution >= 4 is 23.2 Å². The third kappa shape index (κ3) is 3.10. The van der Waals surface area contributed by atoms with E-state index in [0.29, 0.717) is 16.4 Å². The lowest BCUT2D eigenvalue weighted by molar-refractivity contribution is -0.137. The lowest BCUT2D eigenvalue weighted by atomic mass is 9.85. The van der Waals surface area contributed by atoms with Gasteiger partial charge in [0.15, 0.2) is 5.15 Å². The van der Waals surface area contributed by atoms with Crippen molar-refractivity contribution in [2.24, 2.45) is 7.05 Å². The van der Waals surface area contributed by atoms with E-state index in [1.165, 1.54) is 10.7 Å². The highest BCUT2D eigenvalue weighted by Crippen LogP contribution is 2.41. The molecule has 0 saturated carbocycles. The van der Waals surface area contributed by atoms with E-state index in [1.807, 2.05) is 20.8 Å². The minimum atomic E-state index is -4.43. The summed E-state index contributed by atoms with van der Waals surface area (Å²) < 4.78 is 39.8. The van der Waals surface area contributed by atoms with Gasteiger partial charge in [0.2, 0.25) is 0 Å². The van der Waals surface area contributed by atoms with Gasteiger partial charge in [-0.25, -0.2) is 0 Å². The smallest absolute Gasteiger partial charge is 0.266 e. The Labute approximate surface area is 136 Å². The van der Waals surface area contributed by atoms with E-state index in [2.05, 4.69) is 5.10 Å². The van der Waals surface area contributed by atoms with Crippen molar-refractivity contribution in [1.29, 1.82) is 0 Å². The molecule has 0 bridgehead atoms. The SMILES string of the molecule is Cn1nc(Cl)c(C(C)(C)C)c1-c1ccc(C(F)(F)F)cc1Cl. The molecule has 0 unspecified atom stereocenters. The van der Waals surface area contributed by atoms with Gasteiger partial charge in [0.25, 0.3) is 0 Å². The van der Waals surface area contributed by atoms with Gasteiger partial charge in [0.1, 0.15) is 0 Å². The molecule has 0 aliphatic heterocycles. The molecule has 0 spiro atoms. The van der Waals surface area contributed by atoms with Crippen molar-refractivity contribution in [3.8, 4) is 11.3 Å². The molecule has 0 N–H and O–H groups in total. The van der Waals surface area contributed by atoms with Crippen LogP contribution in [0.2, 0.25) is 10.2 Å². The molecule has 2 aromatic rings. The van der Waals surface area contributed by atoms with E-state index in [9.17, 15) is 13.2 Å². The molecule has 1 aromatic heterocycles. The Hall–Kier alpha value is -1.20. The normalized spacial score (nSPS) is 12.8. The van der Waals surface area contributed by atoms with Crippen LogP contribution in [0.3, 0.4) is 0 Å². The van der Waals surface area contributed by atoms with E-state index in [4.69, 9.17) is 23.2 Å². The molecule has 2 nitrogen and oxygen atoms in total. The summed E-state index contributed by atoms with van der Waals surface area (Å²) in [7, 11) is 1.68. The molecule has 0 aliphatic carbocycles. The molecular formula is C15H15Cl2F3N2. The molecule has 1 heterocycles. The lowest BCUT2D eigenvalue weighted by Gasteiger charge is -2.21.